The molecule has 156 valence electrons. The molecule has 1 aliphatic rings. The Kier molecular flexibility index (Phi) is 5.42. The van der Waals surface area contributed by atoms with Gasteiger partial charge in [-0.05, 0) is 34.7 Å². The van der Waals surface area contributed by atoms with Gasteiger partial charge in [0, 0.05) is 16.6 Å². The first-order chi connectivity index (χ1) is 15.6. The van der Waals surface area contributed by atoms with Crippen LogP contribution < -0.4 is 0 Å². The number of halogens is 1. The Morgan fingerprint density at radius 2 is 1.28 bits per heavy atom. The molecule has 0 bridgehead atoms. The van der Waals surface area contributed by atoms with Gasteiger partial charge in [-0.25, -0.2) is 4.98 Å². The number of allylic oxidation sites excluding steroid dienone is 4. The summed E-state index contributed by atoms with van der Waals surface area (Å²) in [6.07, 6.45) is 7.36. The molecule has 1 aliphatic carbocycles. The zero-order valence-corrected chi connectivity index (χ0v) is 18.5. The summed E-state index contributed by atoms with van der Waals surface area (Å²) in [5.74, 6) is 1.17. The molecule has 0 saturated carbocycles. The summed E-state index contributed by atoms with van der Waals surface area (Å²) in [6, 6.07) is 29.0. The third-order valence-corrected chi connectivity index (χ3v) is 6.10. The monoisotopic (exact) mass is 435 g/mol. The van der Waals surface area contributed by atoms with Gasteiger partial charge in [0.25, 0.3) is 0 Å². The number of hydrogen-bond donors (Lipinski definition) is 0. The zero-order valence-electron chi connectivity index (χ0n) is 17.7. The lowest BCUT2D eigenvalue weighted by Crippen LogP contribution is -2.20. The first-order valence-electron chi connectivity index (χ1n) is 10.6. The maximum atomic E-state index is 6.28. The highest BCUT2D eigenvalue weighted by atomic mass is 35.5. The van der Waals surface area contributed by atoms with Crippen LogP contribution >= 0.6 is 11.6 Å². The summed E-state index contributed by atoms with van der Waals surface area (Å²) in [6.45, 7) is 2.24. The largest absolute Gasteiger partial charge is 0.226 e. The molecule has 0 radical (unpaired) electrons. The Balaban J connectivity index is 1.42. The number of benzene rings is 3. The second kappa shape index (κ2) is 8.52. The topological polar surface area (TPSA) is 38.7 Å². The van der Waals surface area contributed by atoms with Crippen molar-refractivity contribution in [3.63, 3.8) is 0 Å². The lowest BCUT2D eigenvalue weighted by Gasteiger charge is -2.28. The summed E-state index contributed by atoms with van der Waals surface area (Å²) < 4.78 is 0. The van der Waals surface area contributed by atoms with Gasteiger partial charge in [0.2, 0.25) is 5.28 Å². The molecule has 0 amide bonds. The number of rotatable bonds is 4. The molecule has 4 heteroatoms. The fourth-order valence-corrected chi connectivity index (χ4v) is 4.14. The molecule has 0 saturated heterocycles. The summed E-state index contributed by atoms with van der Waals surface area (Å²) in [7, 11) is 0. The van der Waals surface area contributed by atoms with Gasteiger partial charge in [0.15, 0.2) is 11.6 Å². The van der Waals surface area contributed by atoms with Crippen LogP contribution in [0.5, 0.6) is 0 Å². The lowest BCUT2D eigenvalue weighted by molar-refractivity contribution is 0.601. The van der Waals surface area contributed by atoms with Gasteiger partial charge < -0.3 is 0 Å². The molecule has 0 N–H and O–H groups in total. The molecule has 32 heavy (non-hydrogen) atoms. The van der Waals surface area contributed by atoms with E-state index in [1.54, 1.807) is 0 Å². The third kappa shape index (κ3) is 4.12. The van der Waals surface area contributed by atoms with Crippen LogP contribution in [0.2, 0.25) is 5.28 Å². The zero-order chi connectivity index (χ0) is 22.0. The summed E-state index contributed by atoms with van der Waals surface area (Å²) in [4.78, 5) is 13.5. The number of nitrogens with zero attached hydrogens (tertiary/aromatic N) is 3. The van der Waals surface area contributed by atoms with Crippen molar-refractivity contribution in [2.75, 3.05) is 0 Å². The Morgan fingerprint density at radius 3 is 1.94 bits per heavy atom. The minimum absolute atomic E-state index is 0.0440. The average molecular weight is 436 g/mol. The van der Waals surface area contributed by atoms with Crippen molar-refractivity contribution in [2.45, 2.75) is 18.8 Å². The third-order valence-electron chi connectivity index (χ3n) is 5.93. The Hall–Kier alpha value is -3.56. The van der Waals surface area contributed by atoms with Crippen LogP contribution in [0.15, 0.2) is 103 Å². The maximum absolute atomic E-state index is 6.28. The second-order valence-corrected chi connectivity index (χ2v) is 8.51. The van der Waals surface area contributed by atoms with Crippen molar-refractivity contribution in [1.29, 1.82) is 0 Å². The quantitative estimate of drug-likeness (QED) is 0.341. The van der Waals surface area contributed by atoms with Crippen LogP contribution in [0.25, 0.3) is 28.1 Å². The predicted octanol–water partition coefficient (Wildman–Crippen LogP) is 7.16. The van der Waals surface area contributed by atoms with Gasteiger partial charge in [-0.3, -0.25) is 0 Å². The van der Waals surface area contributed by atoms with E-state index in [-0.39, 0.29) is 10.7 Å². The van der Waals surface area contributed by atoms with Gasteiger partial charge in [-0.15, -0.1) is 0 Å². The number of aromatic nitrogens is 3. The summed E-state index contributed by atoms with van der Waals surface area (Å²) >= 11 is 6.28. The van der Waals surface area contributed by atoms with Crippen molar-refractivity contribution in [3.05, 3.63) is 120 Å². The highest BCUT2D eigenvalue weighted by Crippen LogP contribution is 2.35. The highest BCUT2D eigenvalue weighted by Gasteiger charge is 2.25. The van der Waals surface area contributed by atoms with Gasteiger partial charge in [0.05, 0.1) is 0 Å². The minimum atomic E-state index is -0.0440. The standard InChI is InChI=1S/C28H22ClN3/c1-28(24-10-6-3-7-11-24)18-16-23(17-19-28)26-30-25(31-27(29)32-26)22-14-12-21(13-15-22)20-8-4-2-5-9-20/h2-18H,19H2,1H3. The van der Waals surface area contributed by atoms with Crippen molar-refractivity contribution < 1.29 is 0 Å². The van der Waals surface area contributed by atoms with E-state index in [4.69, 9.17) is 16.6 Å². The molecular weight excluding hydrogens is 414 g/mol. The predicted molar refractivity (Wildman–Crippen MR) is 131 cm³/mol. The SMILES string of the molecule is CC1(c2ccccc2)C=CC(c2nc(Cl)nc(-c3ccc(-c4ccccc4)cc3)n2)=CC1. The first kappa shape index (κ1) is 20.3. The lowest BCUT2D eigenvalue weighted by atomic mass is 9.76. The van der Waals surface area contributed by atoms with Gasteiger partial charge in [-0.2, -0.15) is 9.97 Å². The fourth-order valence-electron chi connectivity index (χ4n) is 3.98. The van der Waals surface area contributed by atoms with E-state index >= 15 is 0 Å². The second-order valence-electron chi connectivity index (χ2n) is 8.18. The molecular formula is C28H22ClN3. The van der Waals surface area contributed by atoms with E-state index in [0.29, 0.717) is 11.6 Å². The van der Waals surface area contributed by atoms with Crippen molar-refractivity contribution in [1.82, 2.24) is 15.0 Å². The molecule has 0 aliphatic heterocycles. The average Bonchev–Trinajstić information content (AvgIpc) is 2.85. The van der Waals surface area contributed by atoms with E-state index < -0.39 is 0 Å². The van der Waals surface area contributed by atoms with Crippen molar-refractivity contribution >= 4 is 17.2 Å². The van der Waals surface area contributed by atoms with Crippen LogP contribution in [0.1, 0.15) is 24.7 Å². The fraction of sp³-hybridized carbons (Fsp3) is 0.107. The molecule has 1 heterocycles. The van der Waals surface area contributed by atoms with Crippen molar-refractivity contribution in [2.24, 2.45) is 0 Å². The Bertz CT molecular complexity index is 1300. The van der Waals surface area contributed by atoms with E-state index in [2.05, 4.69) is 83.7 Å². The smallest absolute Gasteiger partial charge is 0.208 e. The Labute approximate surface area is 193 Å². The highest BCUT2D eigenvalue weighted by molar-refractivity contribution is 6.28. The molecule has 0 spiro atoms. The summed E-state index contributed by atoms with van der Waals surface area (Å²) in [5.41, 5.74) is 5.44. The van der Waals surface area contributed by atoms with Crippen LogP contribution in [-0.2, 0) is 5.41 Å². The molecule has 1 atom stereocenters. The van der Waals surface area contributed by atoms with Crippen LogP contribution in [0.3, 0.4) is 0 Å². The van der Waals surface area contributed by atoms with Crippen LogP contribution in [-0.4, -0.2) is 15.0 Å². The minimum Gasteiger partial charge on any atom is -0.208 e. The molecule has 3 nitrogen and oxygen atoms in total. The van der Waals surface area contributed by atoms with E-state index in [1.165, 1.54) is 11.1 Å². The first-order valence-corrected chi connectivity index (χ1v) is 11.0. The summed E-state index contributed by atoms with van der Waals surface area (Å²) in [5, 5.41) is 0.197. The van der Waals surface area contributed by atoms with E-state index in [1.807, 2.05) is 36.4 Å². The van der Waals surface area contributed by atoms with Crippen LogP contribution in [0, 0.1) is 0 Å². The molecule has 0 fully saturated rings. The van der Waals surface area contributed by atoms with Gasteiger partial charge >= 0.3 is 0 Å². The van der Waals surface area contributed by atoms with E-state index in [9.17, 15) is 0 Å². The number of hydrogen-bond acceptors (Lipinski definition) is 3. The molecule has 5 rings (SSSR count). The normalized spacial score (nSPS) is 17.8. The van der Waals surface area contributed by atoms with Crippen LogP contribution in [0.4, 0.5) is 0 Å². The maximum Gasteiger partial charge on any atom is 0.226 e. The van der Waals surface area contributed by atoms with E-state index in [0.717, 1.165) is 23.1 Å². The van der Waals surface area contributed by atoms with Crippen molar-refractivity contribution in [3.8, 4) is 22.5 Å². The molecule has 3 aromatic carbocycles. The molecule has 4 aromatic rings. The Morgan fingerprint density at radius 1 is 0.688 bits per heavy atom. The molecule has 1 unspecified atom stereocenters. The van der Waals surface area contributed by atoms with Gasteiger partial charge in [-0.1, -0.05) is 110 Å². The molecule has 1 aromatic heterocycles. The van der Waals surface area contributed by atoms with Gasteiger partial charge in [0.1, 0.15) is 0 Å².